The van der Waals surface area contributed by atoms with E-state index in [1.807, 2.05) is 30.5 Å². The largest absolute Gasteiger partial charge is 0.393 e. The first-order valence-corrected chi connectivity index (χ1v) is 10.2. The van der Waals surface area contributed by atoms with E-state index >= 15 is 0 Å². The maximum Gasteiger partial charge on any atom is 0.292 e. The second kappa shape index (κ2) is 7.76. The van der Waals surface area contributed by atoms with Crippen molar-refractivity contribution in [3.8, 4) is 10.7 Å². The third kappa shape index (κ3) is 3.79. The fourth-order valence-electron chi connectivity index (χ4n) is 3.48. The summed E-state index contributed by atoms with van der Waals surface area (Å²) in [5, 5.41) is 17.3. The van der Waals surface area contributed by atoms with Gasteiger partial charge in [-0.1, -0.05) is 17.3 Å². The van der Waals surface area contributed by atoms with Gasteiger partial charge in [0.05, 0.1) is 15.8 Å². The summed E-state index contributed by atoms with van der Waals surface area (Å²) in [7, 11) is 0. The molecule has 1 aliphatic rings. The Morgan fingerprint density at radius 2 is 2.24 bits per heavy atom. The van der Waals surface area contributed by atoms with Crippen LogP contribution in [0.1, 0.15) is 36.4 Å². The van der Waals surface area contributed by atoms with Crippen LogP contribution in [0.25, 0.3) is 16.3 Å². The fourth-order valence-corrected chi connectivity index (χ4v) is 4.13. The SMILES string of the molecule is Cc1cc(C2=CCN(C(C)c3nc(-c4cccs4)no3)CC2)cc([N+](=O)[O-])c1N. The summed E-state index contributed by atoms with van der Waals surface area (Å²) in [6.45, 7) is 5.33. The van der Waals surface area contributed by atoms with Crippen LogP contribution < -0.4 is 5.73 Å². The summed E-state index contributed by atoms with van der Waals surface area (Å²) >= 11 is 1.57. The summed E-state index contributed by atoms with van der Waals surface area (Å²) in [5.41, 5.74) is 8.70. The van der Waals surface area contributed by atoms with E-state index in [-0.39, 0.29) is 17.4 Å². The lowest BCUT2D eigenvalue weighted by Gasteiger charge is -2.30. The van der Waals surface area contributed by atoms with E-state index in [4.69, 9.17) is 10.3 Å². The van der Waals surface area contributed by atoms with Crippen LogP contribution in [0.3, 0.4) is 0 Å². The van der Waals surface area contributed by atoms with Gasteiger partial charge in [-0.3, -0.25) is 15.0 Å². The molecule has 9 heteroatoms. The molecule has 3 heterocycles. The van der Waals surface area contributed by atoms with Crippen molar-refractivity contribution in [2.24, 2.45) is 0 Å². The minimum atomic E-state index is -0.426. The molecule has 0 saturated heterocycles. The number of nitrogens with zero attached hydrogens (tertiary/aromatic N) is 4. The number of benzene rings is 1. The highest BCUT2D eigenvalue weighted by molar-refractivity contribution is 7.13. The number of nitro benzene ring substituents is 1. The van der Waals surface area contributed by atoms with Crippen LogP contribution in [0, 0.1) is 17.0 Å². The number of hydrogen-bond donors (Lipinski definition) is 1. The number of rotatable bonds is 5. The average molecular weight is 411 g/mol. The molecular weight excluding hydrogens is 390 g/mol. The van der Waals surface area contributed by atoms with Crippen molar-refractivity contribution in [2.75, 3.05) is 18.8 Å². The number of aromatic nitrogens is 2. The number of nitrogens with two attached hydrogens (primary N) is 1. The second-order valence-electron chi connectivity index (χ2n) is 7.07. The highest BCUT2D eigenvalue weighted by atomic mass is 32.1. The fraction of sp³-hybridized carbons (Fsp3) is 0.300. The van der Waals surface area contributed by atoms with E-state index in [1.54, 1.807) is 24.3 Å². The third-order valence-electron chi connectivity index (χ3n) is 5.26. The Morgan fingerprint density at radius 3 is 2.90 bits per heavy atom. The van der Waals surface area contributed by atoms with Crippen molar-refractivity contribution in [1.82, 2.24) is 15.0 Å². The minimum Gasteiger partial charge on any atom is -0.393 e. The molecule has 1 unspecified atom stereocenters. The van der Waals surface area contributed by atoms with E-state index in [9.17, 15) is 10.1 Å². The standard InChI is InChI=1S/C20H21N5O3S/c1-12-10-15(11-16(18(12)21)25(26)27)14-5-7-24(8-6-14)13(2)20-22-19(23-28-20)17-4-3-9-29-17/h3-5,9-11,13H,6-8,21H2,1-2H3. The molecule has 0 radical (unpaired) electrons. The number of nitro groups is 1. The Balaban J connectivity index is 1.50. The number of anilines is 1. The minimum absolute atomic E-state index is 0.0171. The van der Waals surface area contributed by atoms with E-state index < -0.39 is 4.92 Å². The Bertz CT molecular complexity index is 1070. The smallest absolute Gasteiger partial charge is 0.292 e. The maximum absolute atomic E-state index is 11.3. The van der Waals surface area contributed by atoms with Crippen LogP contribution in [-0.4, -0.2) is 33.1 Å². The molecular formula is C20H21N5O3S. The number of thiophene rings is 1. The van der Waals surface area contributed by atoms with Crippen LogP contribution in [-0.2, 0) is 0 Å². The Hall–Kier alpha value is -3.04. The van der Waals surface area contributed by atoms with Crippen molar-refractivity contribution in [2.45, 2.75) is 26.3 Å². The maximum atomic E-state index is 11.3. The lowest BCUT2D eigenvalue weighted by molar-refractivity contribution is -0.383. The van der Waals surface area contributed by atoms with Crippen molar-refractivity contribution >= 4 is 28.3 Å². The first kappa shape index (κ1) is 19.3. The predicted octanol–water partition coefficient (Wildman–Crippen LogP) is 4.45. The van der Waals surface area contributed by atoms with E-state index in [2.05, 4.69) is 21.1 Å². The molecule has 0 spiro atoms. The highest BCUT2D eigenvalue weighted by Crippen LogP contribution is 2.33. The van der Waals surface area contributed by atoms with Gasteiger partial charge < -0.3 is 10.3 Å². The molecule has 0 bridgehead atoms. The van der Waals surface area contributed by atoms with Crippen molar-refractivity contribution < 1.29 is 9.45 Å². The van der Waals surface area contributed by atoms with Crippen molar-refractivity contribution in [3.05, 3.63) is 62.9 Å². The van der Waals surface area contributed by atoms with Gasteiger partial charge in [-0.05, 0) is 54.5 Å². The number of nitrogen functional groups attached to an aromatic ring is 1. The molecule has 2 aromatic heterocycles. The van der Waals surface area contributed by atoms with Crippen LogP contribution in [0.5, 0.6) is 0 Å². The predicted molar refractivity (Wildman–Crippen MR) is 112 cm³/mol. The molecule has 8 nitrogen and oxygen atoms in total. The topological polar surface area (TPSA) is 111 Å². The summed E-state index contributed by atoms with van der Waals surface area (Å²) in [6, 6.07) is 7.39. The van der Waals surface area contributed by atoms with Crippen LogP contribution in [0.2, 0.25) is 0 Å². The normalized spacial score (nSPS) is 15.9. The number of aryl methyl sites for hydroxylation is 1. The zero-order valence-electron chi connectivity index (χ0n) is 16.2. The quantitative estimate of drug-likeness (QED) is 0.375. The third-order valence-corrected chi connectivity index (χ3v) is 6.13. The second-order valence-corrected chi connectivity index (χ2v) is 8.01. The molecule has 2 N–H and O–H groups in total. The molecule has 29 heavy (non-hydrogen) atoms. The molecule has 4 rings (SSSR count). The molecule has 0 aliphatic carbocycles. The van der Waals surface area contributed by atoms with Crippen LogP contribution in [0.4, 0.5) is 11.4 Å². The van der Waals surface area contributed by atoms with Crippen molar-refractivity contribution in [1.29, 1.82) is 0 Å². The Kier molecular flexibility index (Phi) is 5.16. The molecule has 1 atom stereocenters. The Morgan fingerprint density at radius 1 is 1.41 bits per heavy atom. The van der Waals surface area contributed by atoms with Gasteiger partial charge in [0.25, 0.3) is 5.69 Å². The first-order chi connectivity index (χ1) is 13.9. The zero-order chi connectivity index (χ0) is 20.5. The molecule has 1 aliphatic heterocycles. The molecule has 0 amide bonds. The van der Waals surface area contributed by atoms with Gasteiger partial charge in [0.15, 0.2) is 0 Å². The van der Waals surface area contributed by atoms with Crippen molar-refractivity contribution in [3.63, 3.8) is 0 Å². The zero-order valence-corrected chi connectivity index (χ0v) is 17.0. The van der Waals surface area contributed by atoms with E-state index in [1.165, 1.54) is 0 Å². The molecule has 0 fully saturated rings. The number of hydrogen-bond acceptors (Lipinski definition) is 8. The lowest BCUT2D eigenvalue weighted by Crippen LogP contribution is -2.31. The van der Waals surface area contributed by atoms with Gasteiger partial charge in [0.1, 0.15) is 5.69 Å². The average Bonchev–Trinajstić information content (AvgIpc) is 3.41. The Labute approximate surface area is 171 Å². The van der Waals surface area contributed by atoms with E-state index in [0.29, 0.717) is 18.3 Å². The van der Waals surface area contributed by atoms with Crippen LogP contribution in [0.15, 0.2) is 40.2 Å². The summed E-state index contributed by atoms with van der Waals surface area (Å²) < 4.78 is 5.48. The monoisotopic (exact) mass is 411 g/mol. The van der Waals surface area contributed by atoms with E-state index in [0.717, 1.165) is 34.5 Å². The van der Waals surface area contributed by atoms with Gasteiger partial charge in [-0.15, -0.1) is 11.3 Å². The summed E-state index contributed by atoms with van der Waals surface area (Å²) in [4.78, 5) is 18.6. The highest BCUT2D eigenvalue weighted by Gasteiger charge is 2.25. The molecule has 150 valence electrons. The van der Waals surface area contributed by atoms with Gasteiger partial charge in [-0.25, -0.2) is 0 Å². The molecule has 3 aromatic rings. The summed E-state index contributed by atoms with van der Waals surface area (Å²) in [6.07, 6.45) is 2.88. The van der Waals surface area contributed by atoms with Gasteiger partial charge in [0.2, 0.25) is 11.7 Å². The molecule has 1 aromatic carbocycles. The summed E-state index contributed by atoms with van der Waals surface area (Å²) in [5.74, 6) is 1.20. The van der Waals surface area contributed by atoms with Gasteiger partial charge in [-0.2, -0.15) is 4.98 Å². The lowest BCUT2D eigenvalue weighted by atomic mass is 9.96. The van der Waals surface area contributed by atoms with Gasteiger partial charge >= 0.3 is 0 Å². The molecule has 0 saturated carbocycles. The van der Waals surface area contributed by atoms with Crippen LogP contribution >= 0.6 is 11.3 Å². The van der Waals surface area contributed by atoms with Gasteiger partial charge in [0, 0.05) is 19.2 Å². The first-order valence-electron chi connectivity index (χ1n) is 9.29.